The van der Waals surface area contributed by atoms with Crippen molar-refractivity contribution in [1.82, 2.24) is 10.5 Å². The normalized spacial score (nSPS) is 16.1. The van der Waals surface area contributed by atoms with Crippen LogP contribution in [0.5, 0.6) is 11.5 Å². The van der Waals surface area contributed by atoms with E-state index in [2.05, 4.69) is 10.5 Å². The molecule has 1 N–H and O–H groups in total. The van der Waals surface area contributed by atoms with Gasteiger partial charge in [0.05, 0.1) is 11.1 Å². The Morgan fingerprint density at radius 2 is 1.85 bits per heavy atom. The van der Waals surface area contributed by atoms with Gasteiger partial charge in [0.1, 0.15) is 0 Å². The third-order valence-corrected chi connectivity index (χ3v) is 5.14. The zero-order valence-electron chi connectivity index (χ0n) is 14.6. The first-order valence-electron chi connectivity index (χ1n) is 8.94. The van der Waals surface area contributed by atoms with E-state index in [1.165, 1.54) is 0 Å². The number of hydrogen-bond acceptors (Lipinski definition) is 5. The van der Waals surface area contributed by atoms with Crippen LogP contribution < -0.4 is 14.8 Å². The minimum absolute atomic E-state index is 0.00288. The maximum atomic E-state index is 12.8. The number of aromatic nitrogens is 1. The van der Waals surface area contributed by atoms with E-state index in [1.54, 1.807) is 0 Å². The van der Waals surface area contributed by atoms with Crippen LogP contribution in [0.4, 0.5) is 0 Å². The largest absolute Gasteiger partial charge is 0.454 e. The van der Waals surface area contributed by atoms with E-state index in [-0.39, 0.29) is 12.7 Å². The molecule has 6 nitrogen and oxygen atoms in total. The molecule has 0 bridgehead atoms. The fourth-order valence-corrected chi connectivity index (χ4v) is 3.36. The minimum atomic E-state index is -0.577. The lowest BCUT2D eigenvalue weighted by atomic mass is 10.00. The third kappa shape index (κ3) is 2.83. The third-order valence-electron chi connectivity index (χ3n) is 5.14. The molecule has 1 amide bonds. The molecule has 6 heteroatoms. The lowest BCUT2D eigenvalue weighted by molar-refractivity contribution is -0.123. The van der Waals surface area contributed by atoms with Gasteiger partial charge in [0.25, 0.3) is 0 Å². The summed E-state index contributed by atoms with van der Waals surface area (Å²) in [6.45, 7) is 0.736. The predicted octanol–water partition coefficient (Wildman–Crippen LogP) is 3.42. The molecule has 1 saturated carbocycles. The summed E-state index contributed by atoms with van der Waals surface area (Å²) in [7, 11) is 0. The van der Waals surface area contributed by atoms with Crippen molar-refractivity contribution in [2.24, 2.45) is 0 Å². The highest BCUT2D eigenvalue weighted by Crippen LogP contribution is 2.49. The molecule has 3 aromatic rings. The van der Waals surface area contributed by atoms with Gasteiger partial charge < -0.3 is 19.3 Å². The molecule has 27 heavy (non-hydrogen) atoms. The molecule has 1 aliphatic carbocycles. The summed E-state index contributed by atoms with van der Waals surface area (Å²) in [6.07, 6.45) is 1.56. The van der Waals surface area contributed by atoms with Gasteiger partial charge >= 0.3 is 0 Å². The number of benzene rings is 2. The molecule has 0 atom stereocenters. The van der Waals surface area contributed by atoms with Crippen molar-refractivity contribution >= 4 is 5.91 Å². The lowest BCUT2D eigenvalue weighted by Gasteiger charge is -2.12. The Balaban J connectivity index is 1.33. The summed E-state index contributed by atoms with van der Waals surface area (Å²) < 4.78 is 16.3. The van der Waals surface area contributed by atoms with Crippen molar-refractivity contribution in [1.29, 1.82) is 0 Å². The summed E-state index contributed by atoms with van der Waals surface area (Å²) in [5.74, 6) is 2.02. The van der Waals surface area contributed by atoms with Gasteiger partial charge in [0.2, 0.25) is 12.7 Å². The summed E-state index contributed by atoms with van der Waals surface area (Å²) in [6, 6.07) is 17.3. The average molecular weight is 362 g/mol. The second-order valence-corrected chi connectivity index (χ2v) is 6.89. The Labute approximate surface area is 156 Å². The molecule has 0 spiro atoms. The van der Waals surface area contributed by atoms with Crippen molar-refractivity contribution in [3.63, 3.8) is 0 Å². The van der Waals surface area contributed by atoms with Crippen LogP contribution in [0, 0.1) is 0 Å². The van der Waals surface area contributed by atoms with E-state index >= 15 is 0 Å². The summed E-state index contributed by atoms with van der Waals surface area (Å²) >= 11 is 0. The molecule has 0 unspecified atom stereocenters. The number of carbonyl (C=O) groups excluding carboxylic acids is 1. The smallest absolute Gasteiger partial charge is 0.232 e. The van der Waals surface area contributed by atoms with Gasteiger partial charge in [-0.3, -0.25) is 4.79 Å². The molecular formula is C21H18N2O4. The topological polar surface area (TPSA) is 73.6 Å². The monoisotopic (exact) mass is 362 g/mol. The Kier molecular flexibility index (Phi) is 3.63. The fraction of sp³-hybridized carbons (Fsp3) is 0.238. The number of hydrogen-bond donors (Lipinski definition) is 1. The maximum absolute atomic E-state index is 12.8. The zero-order chi connectivity index (χ0) is 18.3. The van der Waals surface area contributed by atoms with E-state index in [0.29, 0.717) is 23.7 Å². The number of ether oxygens (including phenoxy) is 2. The van der Waals surface area contributed by atoms with Crippen LogP contribution in [-0.2, 0) is 16.8 Å². The SMILES string of the molecule is O=C(NCc1ccccc1)C1(c2cc(-c3ccc4c(c3)OCO4)on2)CC1. The first kappa shape index (κ1) is 15.9. The molecule has 2 aromatic carbocycles. The van der Waals surface area contributed by atoms with E-state index in [1.807, 2.05) is 54.6 Å². The summed E-state index contributed by atoms with van der Waals surface area (Å²) in [5.41, 5.74) is 2.02. The summed E-state index contributed by atoms with van der Waals surface area (Å²) in [5, 5.41) is 7.21. The second kappa shape index (κ2) is 6.16. The molecule has 136 valence electrons. The fourth-order valence-electron chi connectivity index (χ4n) is 3.36. The van der Waals surface area contributed by atoms with E-state index in [4.69, 9.17) is 14.0 Å². The van der Waals surface area contributed by atoms with Crippen molar-refractivity contribution in [2.45, 2.75) is 24.8 Å². The van der Waals surface area contributed by atoms with Gasteiger partial charge in [-0.2, -0.15) is 0 Å². The minimum Gasteiger partial charge on any atom is -0.454 e. The van der Waals surface area contributed by atoms with Crippen LogP contribution in [0.25, 0.3) is 11.3 Å². The highest BCUT2D eigenvalue weighted by atomic mass is 16.7. The Morgan fingerprint density at radius 3 is 2.67 bits per heavy atom. The molecule has 0 saturated heterocycles. The number of amides is 1. The van der Waals surface area contributed by atoms with Gasteiger partial charge in [0.15, 0.2) is 17.3 Å². The van der Waals surface area contributed by atoms with Crippen LogP contribution in [0.15, 0.2) is 59.1 Å². The average Bonchev–Trinajstić information content (AvgIpc) is 3.15. The first-order valence-corrected chi connectivity index (χ1v) is 8.94. The zero-order valence-corrected chi connectivity index (χ0v) is 14.6. The first-order chi connectivity index (χ1) is 13.2. The number of nitrogens with zero attached hydrogens (tertiary/aromatic N) is 1. The second-order valence-electron chi connectivity index (χ2n) is 6.89. The summed E-state index contributed by atoms with van der Waals surface area (Å²) in [4.78, 5) is 12.8. The lowest BCUT2D eigenvalue weighted by Crippen LogP contribution is -2.34. The molecule has 2 heterocycles. The van der Waals surface area contributed by atoms with Crippen molar-refractivity contribution in [3.8, 4) is 22.8 Å². The number of fused-ring (bicyclic) bond motifs is 1. The van der Waals surface area contributed by atoms with Crippen molar-refractivity contribution in [2.75, 3.05) is 6.79 Å². The molecule has 1 fully saturated rings. The Bertz CT molecular complexity index is 992. The van der Waals surface area contributed by atoms with E-state index in [0.717, 1.165) is 29.7 Å². The quantitative estimate of drug-likeness (QED) is 0.753. The van der Waals surface area contributed by atoms with Gasteiger partial charge in [-0.05, 0) is 36.6 Å². The van der Waals surface area contributed by atoms with Crippen molar-refractivity contribution in [3.05, 3.63) is 65.9 Å². The molecule has 5 rings (SSSR count). The van der Waals surface area contributed by atoms with Gasteiger partial charge in [0, 0.05) is 18.2 Å². The van der Waals surface area contributed by atoms with Crippen LogP contribution in [0.1, 0.15) is 24.1 Å². The van der Waals surface area contributed by atoms with Crippen LogP contribution in [0.3, 0.4) is 0 Å². The van der Waals surface area contributed by atoms with Gasteiger partial charge in [-0.15, -0.1) is 0 Å². The van der Waals surface area contributed by atoms with Crippen LogP contribution >= 0.6 is 0 Å². The predicted molar refractivity (Wildman–Crippen MR) is 97.3 cm³/mol. The molecule has 0 radical (unpaired) electrons. The molecule has 1 aliphatic heterocycles. The van der Waals surface area contributed by atoms with Crippen LogP contribution in [0.2, 0.25) is 0 Å². The Morgan fingerprint density at radius 1 is 1.04 bits per heavy atom. The number of nitrogens with one attached hydrogen (secondary N) is 1. The van der Waals surface area contributed by atoms with Crippen molar-refractivity contribution < 1.29 is 18.8 Å². The van der Waals surface area contributed by atoms with E-state index in [9.17, 15) is 4.79 Å². The highest BCUT2D eigenvalue weighted by molar-refractivity contribution is 5.91. The van der Waals surface area contributed by atoms with Gasteiger partial charge in [-0.1, -0.05) is 35.5 Å². The molecular weight excluding hydrogens is 344 g/mol. The Hall–Kier alpha value is -3.28. The highest BCUT2D eigenvalue weighted by Gasteiger charge is 2.53. The standard InChI is InChI=1S/C21H18N2O4/c24-20(22-12-14-4-2-1-3-5-14)21(8-9-21)19-11-17(27-23-19)15-6-7-16-18(10-15)26-13-25-16/h1-7,10-11H,8-9,12-13H2,(H,22,24). The molecule has 1 aromatic heterocycles. The maximum Gasteiger partial charge on any atom is 0.232 e. The number of carbonyl (C=O) groups is 1. The number of rotatable bonds is 5. The van der Waals surface area contributed by atoms with Gasteiger partial charge in [-0.25, -0.2) is 0 Å². The van der Waals surface area contributed by atoms with E-state index < -0.39 is 5.41 Å². The van der Waals surface area contributed by atoms with Crippen LogP contribution in [-0.4, -0.2) is 17.9 Å². The molecule has 2 aliphatic rings.